The summed E-state index contributed by atoms with van der Waals surface area (Å²) in [5.41, 5.74) is 2.43. The van der Waals surface area contributed by atoms with Crippen molar-refractivity contribution in [3.8, 4) is 11.3 Å². The zero-order chi connectivity index (χ0) is 15.5. The van der Waals surface area contributed by atoms with Crippen LogP contribution in [0.25, 0.3) is 16.8 Å². The fourth-order valence-corrected chi connectivity index (χ4v) is 3.28. The zero-order valence-electron chi connectivity index (χ0n) is 12.2. The highest BCUT2D eigenvalue weighted by molar-refractivity contribution is 7.11. The first-order valence-corrected chi connectivity index (χ1v) is 7.85. The molecule has 6 heteroatoms. The zero-order valence-corrected chi connectivity index (χ0v) is 13.1. The minimum absolute atomic E-state index is 0.204. The number of nitrogens with zero attached hydrogens (tertiary/aromatic N) is 2. The van der Waals surface area contributed by atoms with Crippen LogP contribution in [0.5, 0.6) is 0 Å². The molecule has 2 N–H and O–H groups in total. The molecular weight excluding hydrogens is 298 g/mol. The number of amidine groups is 1. The molecule has 114 valence electrons. The second-order valence-electron chi connectivity index (χ2n) is 4.99. The number of benzene rings is 1. The number of aliphatic hydroxyl groups is 1. The maximum absolute atomic E-state index is 10.2. The first-order chi connectivity index (χ1) is 10.7. The summed E-state index contributed by atoms with van der Waals surface area (Å²) in [5.74, 6) is 0.513. The molecule has 0 radical (unpaired) electrons. The van der Waals surface area contributed by atoms with Crippen LogP contribution in [-0.2, 0) is 4.74 Å². The Bertz CT molecular complexity index is 709. The van der Waals surface area contributed by atoms with Gasteiger partial charge in [0.1, 0.15) is 16.6 Å². The predicted octanol–water partition coefficient (Wildman–Crippen LogP) is 3.02. The van der Waals surface area contributed by atoms with Gasteiger partial charge in [-0.2, -0.15) is 0 Å². The van der Waals surface area contributed by atoms with Crippen molar-refractivity contribution in [3.63, 3.8) is 0 Å². The Labute approximate surface area is 133 Å². The summed E-state index contributed by atoms with van der Waals surface area (Å²) < 4.78 is 5.04. The highest BCUT2D eigenvalue weighted by atomic mass is 32.1. The van der Waals surface area contributed by atoms with Gasteiger partial charge >= 0.3 is 0 Å². The van der Waals surface area contributed by atoms with E-state index >= 15 is 0 Å². The molecule has 1 aromatic carbocycles. The monoisotopic (exact) mass is 315 g/mol. The van der Waals surface area contributed by atoms with Gasteiger partial charge in [-0.05, 0) is 0 Å². The van der Waals surface area contributed by atoms with Crippen LogP contribution in [0.2, 0.25) is 0 Å². The van der Waals surface area contributed by atoms with E-state index in [0.717, 1.165) is 11.3 Å². The Morgan fingerprint density at radius 3 is 2.86 bits per heavy atom. The number of rotatable bonds is 5. The second-order valence-corrected chi connectivity index (χ2v) is 5.85. The van der Waals surface area contributed by atoms with Gasteiger partial charge in [0.2, 0.25) is 0 Å². The standard InChI is InChI=1S/C16H17N3O2S/c1-21-8-7-19-9-13(20)14(15(19)17)16-18-12(10-22-16)11-5-3-2-4-6-11/h2-6,10,17,20H,7-9H2,1H3. The van der Waals surface area contributed by atoms with Gasteiger partial charge in [0, 0.05) is 24.6 Å². The highest BCUT2D eigenvalue weighted by Gasteiger charge is 2.29. The molecule has 2 aromatic rings. The topological polar surface area (TPSA) is 69.4 Å². The van der Waals surface area contributed by atoms with Crippen LogP contribution in [0.1, 0.15) is 5.01 Å². The number of hydrogen-bond acceptors (Lipinski definition) is 5. The summed E-state index contributed by atoms with van der Waals surface area (Å²) in [6.07, 6.45) is 0. The summed E-state index contributed by atoms with van der Waals surface area (Å²) in [6.45, 7) is 1.45. The quantitative estimate of drug-likeness (QED) is 0.890. The van der Waals surface area contributed by atoms with E-state index in [9.17, 15) is 5.11 Å². The van der Waals surface area contributed by atoms with Crippen molar-refractivity contribution >= 4 is 22.7 Å². The lowest BCUT2D eigenvalue weighted by Gasteiger charge is -2.17. The van der Waals surface area contributed by atoms with E-state index in [2.05, 4.69) is 4.98 Å². The van der Waals surface area contributed by atoms with Gasteiger partial charge in [0.05, 0.1) is 24.4 Å². The fourth-order valence-electron chi connectivity index (χ4n) is 2.38. The van der Waals surface area contributed by atoms with Crippen LogP contribution < -0.4 is 0 Å². The van der Waals surface area contributed by atoms with Crippen LogP contribution >= 0.6 is 11.3 Å². The summed E-state index contributed by atoms with van der Waals surface area (Å²) >= 11 is 1.45. The van der Waals surface area contributed by atoms with Crippen LogP contribution in [0, 0.1) is 5.41 Å². The molecule has 0 atom stereocenters. The van der Waals surface area contributed by atoms with Crippen LogP contribution in [0.3, 0.4) is 0 Å². The van der Waals surface area contributed by atoms with Crippen molar-refractivity contribution in [1.29, 1.82) is 5.41 Å². The number of thiazole rings is 1. The molecule has 0 saturated heterocycles. The Balaban J connectivity index is 1.84. The van der Waals surface area contributed by atoms with E-state index < -0.39 is 0 Å². The third-order valence-electron chi connectivity index (χ3n) is 3.54. The van der Waals surface area contributed by atoms with E-state index in [1.807, 2.05) is 35.7 Å². The van der Waals surface area contributed by atoms with Crippen molar-refractivity contribution in [3.05, 3.63) is 46.5 Å². The number of methoxy groups -OCH3 is 1. The molecule has 3 rings (SSSR count). The molecule has 5 nitrogen and oxygen atoms in total. The molecule has 0 saturated carbocycles. The largest absolute Gasteiger partial charge is 0.510 e. The van der Waals surface area contributed by atoms with Gasteiger partial charge in [-0.1, -0.05) is 30.3 Å². The smallest absolute Gasteiger partial charge is 0.135 e. The minimum atomic E-state index is 0.204. The lowest BCUT2D eigenvalue weighted by atomic mass is 10.2. The molecule has 2 heterocycles. The molecule has 1 aromatic heterocycles. The molecule has 0 spiro atoms. The Hall–Kier alpha value is -2.18. The lowest BCUT2D eigenvalue weighted by molar-refractivity contribution is 0.177. The Morgan fingerprint density at radius 2 is 2.14 bits per heavy atom. The van der Waals surface area contributed by atoms with Gasteiger partial charge in [-0.25, -0.2) is 4.98 Å². The molecular formula is C16H17N3O2S. The van der Waals surface area contributed by atoms with E-state index in [0.29, 0.717) is 36.1 Å². The van der Waals surface area contributed by atoms with Crippen LogP contribution in [0.4, 0.5) is 0 Å². The van der Waals surface area contributed by atoms with E-state index in [-0.39, 0.29) is 5.76 Å². The number of aliphatic hydroxyl groups excluding tert-OH is 1. The second kappa shape index (κ2) is 6.29. The van der Waals surface area contributed by atoms with Crippen molar-refractivity contribution in [1.82, 2.24) is 9.88 Å². The summed E-state index contributed by atoms with van der Waals surface area (Å²) in [4.78, 5) is 6.37. The predicted molar refractivity (Wildman–Crippen MR) is 88.3 cm³/mol. The molecule has 0 bridgehead atoms. The summed E-state index contributed by atoms with van der Waals surface area (Å²) in [5, 5.41) is 21.1. The highest BCUT2D eigenvalue weighted by Crippen LogP contribution is 2.31. The van der Waals surface area contributed by atoms with Gasteiger partial charge in [-0.15, -0.1) is 11.3 Å². The number of nitrogens with one attached hydrogen (secondary N) is 1. The number of hydrogen-bond donors (Lipinski definition) is 2. The third-order valence-corrected chi connectivity index (χ3v) is 4.39. The molecule has 22 heavy (non-hydrogen) atoms. The third kappa shape index (κ3) is 2.75. The fraction of sp³-hybridized carbons (Fsp3) is 0.250. The van der Waals surface area contributed by atoms with Gasteiger partial charge in [0.25, 0.3) is 0 Å². The first-order valence-electron chi connectivity index (χ1n) is 6.97. The molecule has 0 unspecified atom stereocenters. The van der Waals surface area contributed by atoms with E-state index in [4.69, 9.17) is 10.1 Å². The van der Waals surface area contributed by atoms with Crippen molar-refractivity contribution in [2.45, 2.75) is 0 Å². The van der Waals surface area contributed by atoms with Gasteiger partial charge < -0.3 is 14.7 Å². The Morgan fingerprint density at radius 1 is 1.36 bits per heavy atom. The lowest BCUT2D eigenvalue weighted by Crippen LogP contribution is -2.29. The van der Waals surface area contributed by atoms with Crippen LogP contribution in [0.15, 0.2) is 41.5 Å². The van der Waals surface area contributed by atoms with Crippen molar-refractivity contribution < 1.29 is 9.84 Å². The van der Waals surface area contributed by atoms with Gasteiger partial charge in [0.15, 0.2) is 0 Å². The maximum Gasteiger partial charge on any atom is 0.135 e. The maximum atomic E-state index is 10.2. The van der Waals surface area contributed by atoms with E-state index in [1.165, 1.54) is 11.3 Å². The molecule has 1 aliphatic rings. The normalized spacial score (nSPS) is 15.0. The number of aromatic nitrogens is 1. The average molecular weight is 315 g/mol. The number of ether oxygens (including phenoxy) is 1. The Kier molecular flexibility index (Phi) is 4.22. The van der Waals surface area contributed by atoms with Crippen molar-refractivity contribution in [2.75, 3.05) is 26.8 Å². The first kappa shape index (κ1) is 14.7. The molecule has 0 fully saturated rings. The van der Waals surface area contributed by atoms with E-state index in [1.54, 1.807) is 12.0 Å². The average Bonchev–Trinajstić information content (AvgIpc) is 3.11. The SMILES string of the molecule is COCCN1CC(O)=C(c2nc(-c3ccccc3)cs2)C1=N. The minimum Gasteiger partial charge on any atom is -0.510 e. The summed E-state index contributed by atoms with van der Waals surface area (Å²) in [7, 11) is 1.63. The van der Waals surface area contributed by atoms with Gasteiger partial charge in [-0.3, -0.25) is 5.41 Å². The molecule has 1 aliphatic heterocycles. The molecule has 0 aliphatic carbocycles. The molecule has 0 amide bonds. The van der Waals surface area contributed by atoms with Crippen molar-refractivity contribution in [2.24, 2.45) is 0 Å². The summed E-state index contributed by atoms with van der Waals surface area (Å²) in [6, 6.07) is 9.89. The van der Waals surface area contributed by atoms with Crippen LogP contribution in [-0.4, -0.2) is 47.6 Å².